The Morgan fingerprint density at radius 2 is 2.20 bits per heavy atom. The van der Waals surface area contributed by atoms with Gasteiger partial charge in [-0.15, -0.1) is 21.5 Å². The molecule has 0 spiro atoms. The second-order valence-electron chi connectivity index (χ2n) is 5.90. The molecular weight excluding hydrogens is 345 g/mol. The Kier molecular flexibility index (Phi) is 3.69. The molecule has 7 nitrogen and oxygen atoms in total. The summed E-state index contributed by atoms with van der Waals surface area (Å²) in [6.07, 6.45) is 1.59. The molecule has 0 radical (unpaired) electrons. The second-order valence-corrected chi connectivity index (χ2v) is 7.02. The fourth-order valence-corrected chi connectivity index (χ4v) is 3.40. The van der Waals surface area contributed by atoms with Crippen LogP contribution in [0.2, 0.25) is 0 Å². The van der Waals surface area contributed by atoms with E-state index in [1.54, 1.807) is 6.07 Å². The molecule has 0 unspecified atom stereocenters. The number of carbonyl (C=O) groups is 1. The molecule has 0 atom stereocenters. The average molecular weight is 357 g/mol. The van der Waals surface area contributed by atoms with Crippen molar-refractivity contribution in [3.63, 3.8) is 0 Å². The van der Waals surface area contributed by atoms with Crippen molar-refractivity contribution in [3.05, 3.63) is 40.8 Å². The molecule has 1 aromatic carbocycles. The maximum atomic E-state index is 13.2. The first-order valence-electron chi connectivity index (χ1n) is 7.64. The van der Waals surface area contributed by atoms with Gasteiger partial charge in [-0.3, -0.25) is 4.79 Å². The molecular formula is C16H12FN5O2S. The molecule has 1 fully saturated rings. The van der Waals surface area contributed by atoms with Gasteiger partial charge in [-0.1, -0.05) is 0 Å². The number of thiazole rings is 1. The molecule has 1 N–H and O–H groups in total. The van der Waals surface area contributed by atoms with Gasteiger partial charge in [0.2, 0.25) is 17.7 Å². The SMILES string of the molecule is N#CC1(NC(=O)Cc2nnc(Cc3nc4ccc(F)cc4s3)o2)CC1. The number of hydrogen-bond donors (Lipinski definition) is 1. The van der Waals surface area contributed by atoms with Crippen LogP contribution >= 0.6 is 11.3 Å². The lowest BCUT2D eigenvalue weighted by atomic mass is 10.3. The zero-order chi connectivity index (χ0) is 17.4. The topological polar surface area (TPSA) is 105 Å². The van der Waals surface area contributed by atoms with Gasteiger partial charge in [0.05, 0.1) is 22.7 Å². The highest BCUT2D eigenvalue weighted by atomic mass is 32.1. The molecule has 1 aliphatic carbocycles. The zero-order valence-electron chi connectivity index (χ0n) is 13.0. The van der Waals surface area contributed by atoms with E-state index < -0.39 is 5.54 Å². The van der Waals surface area contributed by atoms with Crippen LogP contribution in [0.5, 0.6) is 0 Å². The molecule has 0 aliphatic heterocycles. The third kappa shape index (κ3) is 3.34. The highest BCUT2D eigenvalue weighted by Crippen LogP contribution is 2.34. The van der Waals surface area contributed by atoms with Crippen molar-refractivity contribution < 1.29 is 13.6 Å². The highest BCUT2D eigenvalue weighted by molar-refractivity contribution is 7.18. The number of benzene rings is 1. The Balaban J connectivity index is 1.42. The smallest absolute Gasteiger partial charge is 0.230 e. The third-order valence-electron chi connectivity index (χ3n) is 3.86. The van der Waals surface area contributed by atoms with Gasteiger partial charge in [0.25, 0.3) is 0 Å². The summed E-state index contributed by atoms with van der Waals surface area (Å²) in [5.41, 5.74) is 0.00249. The average Bonchev–Trinajstić information content (AvgIpc) is 3.02. The summed E-state index contributed by atoms with van der Waals surface area (Å²) in [4.78, 5) is 16.3. The maximum Gasteiger partial charge on any atom is 0.230 e. The van der Waals surface area contributed by atoms with Crippen molar-refractivity contribution in [2.24, 2.45) is 0 Å². The number of fused-ring (bicyclic) bond motifs is 1. The number of nitriles is 1. The molecule has 0 bridgehead atoms. The van der Waals surface area contributed by atoms with Gasteiger partial charge in [0.15, 0.2) is 0 Å². The monoisotopic (exact) mass is 357 g/mol. The minimum absolute atomic E-state index is 0.0680. The van der Waals surface area contributed by atoms with Crippen LogP contribution in [0.1, 0.15) is 29.6 Å². The van der Waals surface area contributed by atoms with Crippen LogP contribution in [-0.2, 0) is 17.6 Å². The van der Waals surface area contributed by atoms with Crippen LogP contribution in [0.4, 0.5) is 4.39 Å². The van der Waals surface area contributed by atoms with E-state index in [4.69, 9.17) is 9.68 Å². The van der Waals surface area contributed by atoms with Crippen molar-refractivity contribution in [3.8, 4) is 6.07 Å². The third-order valence-corrected chi connectivity index (χ3v) is 4.88. The van der Waals surface area contributed by atoms with E-state index in [2.05, 4.69) is 26.6 Å². The molecule has 0 saturated heterocycles. The summed E-state index contributed by atoms with van der Waals surface area (Å²) >= 11 is 1.35. The van der Waals surface area contributed by atoms with E-state index in [-0.39, 0.29) is 24.0 Å². The largest absolute Gasteiger partial charge is 0.424 e. The molecule has 4 rings (SSSR count). The summed E-state index contributed by atoms with van der Waals surface area (Å²) in [6.45, 7) is 0. The molecule has 2 aromatic heterocycles. The van der Waals surface area contributed by atoms with E-state index >= 15 is 0 Å². The number of carbonyl (C=O) groups excluding carboxylic acids is 1. The van der Waals surface area contributed by atoms with Crippen LogP contribution < -0.4 is 5.32 Å². The Bertz CT molecular complexity index is 1000. The highest BCUT2D eigenvalue weighted by Gasteiger charge is 2.44. The molecule has 9 heteroatoms. The quantitative estimate of drug-likeness (QED) is 0.750. The molecule has 126 valence electrons. The molecule has 3 aromatic rings. The van der Waals surface area contributed by atoms with E-state index in [0.29, 0.717) is 30.7 Å². The van der Waals surface area contributed by atoms with Gasteiger partial charge < -0.3 is 9.73 Å². The van der Waals surface area contributed by atoms with Gasteiger partial charge in [0.1, 0.15) is 22.8 Å². The number of nitrogens with one attached hydrogen (secondary N) is 1. The Labute approximate surface area is 145 Å². The van der Waals surface area contributed by atoms with Crippen LogP contribution in [0, 0.1) is 17.1 Å². The summed E-state index contributed by atoms with van der Waals surface area (Å²) in [5.74, 6) is -0.0959. The standard InChI is InChI=1S/C16H12FN5O2S/c17-9-1-2-10-11(5-9)25-15(19-10)7-14-22-21-13(24-14)6-12(23)20-16(8-18)3-4-16/h1-2,5H,3-4,6-7H2,(H,20,23). The van der Waals surface area contributed by atoms with Crippen molar-refractivity contribution in [1.82, 2.24) is 20.5 Å². The van der Waals surface area contributed by atoms with E-state index in [1.807, 2.05) is 0 Å². The van der Waals surface area contributed by atoms with Crippen LogP contribution in [0.15, 0.2) is 22.6 Å². The summed E-state index contributed by atoms with van der Waals surface area (Å²) in [6, 6.07) is 6.51. The van der Waals surface area contributed by atoms with Gasteiger partial charge >= 0.3 is 0 Å². The molecule has 25 heavy (non-hydrogen) atoms. The lowest BCUT2D eigenvalue weighted by Crippen LogP contribution is -2.36. The summed E-state index contributed by atoms with van der Waals surface area (Å²) in [7, 11) is 0. The molecule has 2 heterocycles. The number of nitrogens with zero attached hydrogens (tertiary/aromatic N) is 4. The maximum absolute atomic E-state index is 13.2. The van der Waals surface area contributed by atoms with E-state index in [0.717, 1.165) is 9.71 Å². The summed E-state index contributed by atoms with van der Waals surface area (Å²) in [5, 5.41) is 20.1. The number of rotatable bonds is 5. The van der Waals surface area contributed by atoms with E-state index in [1.165, 1.54) is 23.5 Å². The normalized spacial score (nSPS) is 15.0. The Morgan fingerprint density at radius 3 is 2.96 bits per heavy atom. The van der Waals surface area contributed by atoms with Crippen LogP contribution in [0.25, 0.3) is 10.2 Å². The molecule has 1 amide bonds. The number of amides is 1. The minimum Gasteiger partial charge on any atom is -0.424 e. The van der Waals surface area contributed by atoms with Gasteiger partial charge in [-0.2, -0.15) is 5.26 Å². The number of aromatic nitrogens is 3. The minimum atomic E-state index is -0.712. The van der Waals surface area contributed by atoms with Crippen molar-refractivity contribution in [2.45, 2.75) is 31.2 Å². The van der Waals surface area contributed by atoms with Crippen molar-refractivity contribution in [2.75, 3.05) is 0 Å². The molecule has 1 aliphatic rings. The predicted octanol–water partition coefficient (Wildman–Crippen LogP) is 2.12. The Hall–Kier alpha value is -2.86. The second kappa shape index (κ2) is 5.89. The van der Waals surface area contributed by atoms with Crippen LogP contribution in [0.3, 0.4) is 0 Å². The Morgan fingerprint density at radius 1 is 1.40 bits per heavy atom. The van der Waals surface area contributed by atoms with Crippen LogP contribution in [-0.4, -0.2) is 26.6 Å². The summed E-state index contributed by atoms with van der Waals surface area (Å²) < 4.78 is 19.4. The fourth-order valence-electron chi connectivity index (χ4n) is 2.42. The zero-order valence-corrected chi connectivity index (χ0v) is 13.8. The van der Waals surface area contributed by atoms with Gasteiger partial charge in [-0.25, -0.2) is 9.37 Å². The van der Waals surface area contributed by atoms with E-state index in [9.17, 15) is 9.18 Å². The van der Waals surface area contributed by atoms with Crippen molar-refractivity contribution >= 4 is 27.5 Å². The lowest BCUT2D eigenvalue weighted by molar-refractivity contribution is -0.121. The first kappa shape index (κ1) is 15.7. The lowest BCUT2D eigenvalue weighted by Gasteiger charge is -2.06. The predicted molar refractivity (Wildman–Crippen MR) is 86.1 cm³/mol. The fraction of sp³-hybridized carbons (Fsp3) is 0.312. The first-order valence-corrected chi connectivity index (χ1v) is 8.45. The first-order chi connectivity index (χ1) is 12.0. The number of hydrogen-bond acceptors (Lipinski definition) is 7. The molecule has 1 saturated carbocycles. The van der Waals surface area contributed by atoms with Gasteiger partial charge in [0, 0.05) is 0 Å². The number of halogens is 1. The van der Waals surface area contributed by atoms with Crippen molar-refractivity contribution in [1.29, 1.82) is 5.26 Å². The van der Waals surface area contributed by atoms with Gasteiger partial charge in [-0.05, 0) is 31.0 Å².